The molecule has 0 aliphatic carbocycles. The summed E-state index contributed by atoms with van der Waals surface area (Å²) in [5, 5.41) is 0.498. The number of nitrogens with two attached hydrogens (primary N) is 1. The van der Waals surface area contributed by atoms with Crippen molar-refractivity contribution in [3.8, 4) is 0 Å². The highest BCUT2D eigenvalue weighted by atomic mass is 35.5. The van der Waals surface area contributed by atoms with E-state index in [-0.39, 0.29) is 6.54 Å². The average molecular weight is 278 g/mol. The summed E-state index contributed by atoms with van der Waals surface area (Å²) in [6.45, 7) is 2.25. The van der Waals surface area contributed by atoms with Crippen molar-refractivity contribution >= 4 is 27.5 Å². The summed E-state index contributed by atoms with van der Waals surface area (Å²) in [4.78, 5) is 0. The predicted octanol–water partition coefficient (Wildman–Crippen LogP) is 1.21. The van der Waals surface area contributed by atoms with E-state index < -0.39 is 10.2 Å². The smallest absolute Gasteiger partial charge is 0.279 e. The molecule has 7 heteroatoms. The molecule has 0 aromatic heterocycles. The van der Waals surface area contributed by atoms with E-state index in [1.54, 1.807) is 25.1 Å². The van der Waals surface area contributed by atoms with Gasteiger partial charge in [0.15, 0.2) is 0 Å². The summed E-state index contributed by atoms with van der Waals surface area (Å²) in [5.41, 5.74) is 6.86. The van der Waals surface area contributed by atoms with Crippen LogP contribution in [-0.4, -0.2) is 26.3 Å². The van der Waals surface area contributed by atoms with Crippen molar-refractivity contribution in [3.63, 3.8) is 0 Å². The minimum atomic E-state index is -3.45. The fraction of sp³-hybridized carbons (Fsp3) is 0.400. The molecule has 0 unspecified atom stereocenters. The standard InChI is InChI=1S/C10H16ClN3O2S/c1-3-13-17(15,16)14(2)7-8-6-9(12)4-5-10(8)11/h4-6,13H,3,7,12H2,1-2H3. The predicted molar refractivity (Wildman–Crippen MR) is 69.9 cm³/mol. The van der Waals surface area contributed by atoms with E-state index in [4.69, 9.17) is 17.3 Å². The topological polar surface area (TPSA) is 75.4 Å². The van der Waals surface area contributed by atoms with Gasteiger partial charge in [0.1, 0.15) is 0 Å². The number of nitrogen functional groups attached to an aromatic ring is 1. The monoisotopic (exact) mass is 277 g/mol. The molecule has 0 saturated heterocycles. The first kappa shape index (κ1) is 14.2. The molecule has 0 fully saturated rings. The van der Waals surface area contributed by atoms with Crippen molar-refractivity contribution in [2.75, 3.05) is 19.3 Å². The number of anilines is 1. The van der Waals surface area contributed by atoms with E-state index in [0.717, 1.165) is 0 Å². The van der Waals surface area contributed by atoms with Gasteiger partial charge in [0, 0.05) is 30.8 Å². The Hall–Kier alpha value is -0.820. The van der Waals surface area contributed by atoms with Crippen LogP contribution in [-0.2, 0) is 16.8 Å². The fourth-order valence-electron chi connectivity index (χ4n) is 1.33. The molecule has 0 saturated carbocycles. The van der Waals surface area contributed by atoms with Gasteiger partial charge in [-0.2, -0.15) is 12.7 Å². The molecule has 3 N–H and O–H groups in total. The van der Waals surface area contributed by atoms with Gasteiger partial charge < -0.3 is 5.73 Å². The van der Waals surface area contributed by atoms with Crippen LogP contribution >= 0.6 is 11.6 Å². The molecule has 0 amide bonds. The maximum atomic E-state index is 11.7. The van der Waals surface area contributed by atoms with Gasteiger partial charge in [0.05, 0.1) is 0 Å². The first-order chi connectivity index (χ1) is 7.86. The van der Waals surface area contributed by atoms with Gasteiger partial charge in [-0.3, -0.25) is 0 Å². The van der Waals surface area contributed by atoms with Gasteiger partial charge in [0.25, 0.3) is 10.2 Å². The van der Waals surface area contributed by atoms with E-state index >= 15 is 0 Å². The highest BCUT2D eigenvalue weighted by Crippen LogP contribution is 2.20. The SMILES string of the molecule is CCNS(=O)(=O)N(C)Cc1cc(N)ccc1Cl. The normalized spacial score (nSPS) is 12.0. The Morgan fingerprint density at radius 3 is 2.71 bits per heavy atom. The average Bonchev–Trinajstić information content (AvgIpc) is 2.23. The molecule has 1 rings (SSSR count). The third kappa shape index (κ3) is 3.85. The Morgan fingerprint density at radius 1 is 1.47 bits per heavy atom. The van der Waals surface area contributed by atoms with Gasteiger partial charge in [0.2, 0.25) is 0 Å². The highest BCUT2D eigenvalue weighted by Gasteiger charge is 2.17. The summed E-state index contributed by atoms with van der Waals surface area (Å²) < 4.78 is 26.9. The van der Waals surface area contributed by atoms with Crippen LogP contribution in [0.1, 0.15) is 12.5 Å². The molecule has 0 radical (unpaired) electrons. The Balaban J connectivity index is 2.88. The van der Waals surface area contributed by atoms with Gasteiger partial charge in [-0.1, -0.05) is 18.5 Å². The summed E-state index contributed by atoms with van der Waals surface area (Å²) in [6, 6.07) is 4.99. The first-order valence-corrected chi connectivity index (χ1v) is 6.93. The molecule has 0 atom stereocenters. The molecule has 1 aromatic carbocycles. The zero-order valence-corrected chi connectivity index (χ0v) is 11.3. The Bertz CT molecular complexity index is 490. The molecule has 0 heterocycles. The number of hydrogen-bond acceptors (Lipinski definition) is 3. The van der Waals surface area contributed by atoms with E-state index in [1.165, 1.54) is 11.4 Å². The van der Waals surface area contributed by atoms with Crippen LogP contribution in [0.25, 0.3) is 0 Å². The first-order valence-electron chi connectivity index (χ1n) is 5.11. The largest absolute Gasteiger partial charge is 0.399 e. The molecule has 0 spiro atoms. The number of nitrogens with zero attached hydrogens (tertiary/aromatic N) is 1. The van der Waals surface area contributed by atoms with Crippen LogP contribution in [0.4, 0.5) is 5.69 Å². The van der Waals surface area contributed by atoms with Crippen molar-refractivity contribution in [1.82, 2.24) is 9.03 Å². The third-order valence-corrected chi connectivity index (χ3v) is 4.17. The lowest BCUT2D eigenvalue weighted by molar-refractivity contribution is 0.456. The summed E-state index contributed by atoms with van der Waals surface area (Å²) >= 11 is 5.97. The van der Waals surface area contributed by atoms with Gasteiger partial charge in [-0.25, -0.2) is 4.72 Å². The quantitative estimate of drug-likeness (QED) is 0.795. The summed E-state index contributed by atoms with van der Waals surface area (Å²) in [6.07, 6.45) is 0. The second-order valence-electron chi connectivity index (χ2n) is 3.61. The highest BCUT2D eigenvalue weighted by molar-refractivity contribution is 7.87. The van der Waals surface area contributed by atoms with Gasteiger partial charge in [-0.05, 0) is 23.8 Å². The van der Waals surface area contributed by atoms with Crippen molar-refractivity contribution in [3.05, 3.63) is 28.8 Å². The number of nitrogens with one attached hydrogen (secondary N) is 1. The number of hydrogen-bond donors (Lipinski definition) is 2. The lowest BCUT2D eigenvalue weighted by atomic mass is 10.2. The Kier molecular flexibility index (Phi) is 4.76. The Labute approximate surface area is 107 Å². The molecule has 5 nitrogen and oxygen atoms in total. The van der Waals surface area contributed by atoms with Crippen molar-refractivity contribution < 1.29 is 8.42 Å². The minimum Gasteiger partial charge on any atom is -0.399 e. The van der Waals surface area contributed by atoms with E-state index in [2.05, 4.69) is 4.72 Å². The Morgan fingerprint density at radius 2 is 2.12 bits per heavy atom. The molecule has 0 aliphatic heterocycles. The van der Waals surface area contributed by atoms with Crippen molar-refractivity contribution in [1.29, 1.82) is 0 Å². The minimum absolute atomic E-state index is 0.180. The van der Waals surface area contributed by atoms with Crippen LogP contribution < -0.4 is 10.5 Å². The lowest BCUT2D eigenvalue weighted by Crippen LogP contribution is -2.37. The molecular weight excluding hydrogens is 262 g/mol. The van der Waals surface area contributed by atoms with Gasteiger partial charge in [-0.15, -0.1) is 0 Å². The van der Waals surface area contributed by atoms with Crippen molar-refractivity contribution in [2.45, 2.75) is 13.5 Å². The summed E-state index contributed by atoms with van der Waals surface area (Å²) in [5.74, 6) is 0. The fourth-order valence-corrected chi connectivity index (χ4v) is 2.40. The van der Waals surface area contributed by atoms with Crippen LogP contribution in [0.3, 0.4) is 0 Å². The van der Waals surface area contributed by atoms with E-state index in [0.29, 0.717) is 22.8 Å². The van der Waals surface area contributed by atoms with Crippen LogP contribution in [0, 0.1) is 0 Å². The van der Waals surface area contributed by atoms with Crippen LogP contribution in [0.15, 0.2) is 18.2 Å². The summed E-state index contributed by atoms with van der Waals surface area (Å²) in [7, 11) is -1.97. The second kappa shape index (κ2) is 5.68. The number of benzene rings is 1. The number of halogens is 1. The molecule has 0 aliphatic rings. The number of rotatable bonds is 5. The van der Waals surface area contributed by atoms with Crippen LogP contribution in [0.2, 0.25) is 5.02 Å². The molecular formula is C10H16ClN3O2S. The third-order valence-electron chi connectivity index (χ3n) is 2.20. The second-order valence-corrected chi connectivity index (χ2v) is 5.88. The van der Waals surface area contributed by atoms with E-state index in [1.807, 2.05) is 0 Å². The van der Waals surface area contributed by atoms with Crippen LogP contribution in [0.5, 0.6) is 0 Å². The van der Waals surface area contributed by atoms with E-state index in [9.17, 15) is 8.42 Å². The molecule has 1 aromatic rings. The zero-order chi connectivity index (χ0) is 13.1. The van der Waals surface area contributed by atoms with Crippen molar-refractivity contribution in [2.24, 2.45) is 0 Å². The molecule has 96 valence electrons. The zero-order valence-electron chi connectivity index (χ0n) is 9.77. The van der Waals surface area contributed by atoms with Gasteiger partial charge >= 0.3 is 0 Å². The molecule has 17 heavy (non-hydrogen) atoms. The maximum absolute atomic E-state index is 11.7. The lowest BCUT2D eigenvalue weighted by Gasteiger charge is -2.18. The molecule has 0 bridgehead atoms. The maximum Gasteiger partial charge on any atom is 0.279 e.